The van der Waals surface area contributed by atoms with Gasteiger partial charge >= 0.3 is 0 Å². The zero-order chi connectivity index (χ0) is 17.5. The molecule has 1 aromatic carbocycles. The van der Waals surface area contributed by atoms with Crippen molar-refractivity contribution in [3.63, 3.8) is 0 Å². The Labute approximate surface area is 147 Å². The van der Waals surface area contributed by atoms with Gasteiger partial charge in [0.15, 0.2) is 11.5 Å². The number of allylic oxidation sites excluding steroid dienone is 2. The molecule has 0 fully saturated rings. The van der Waals surface area contributed by atoms with Gasteiger partial charge in [-0.25, -0.2) is 0 Å². The van der Waals surface area contributed by atoms with Crippen LogP contribution >= 0.6 is 0 Å². The number of pyridine rings is 1. The van der Waals surface area contributed by atoms with Crippen molar-refractivity contribution in [3.8, 4) is 11.5 Å². The molecule has 25 heavy (non-hydrogen) atoms. The number of aromatic nitrogens is 1. The molecule has 1 atom stereocenters. The van der Waals surface area contributed by atoms with E-state index in [2.05, 4.69) is 22.5 Å². The lowest BCUT2D eigenvalue weighted by atomic mass is 9.93. The Kier molecular flexibility index (Phi) is 5.67. The number of carbonyl (C=O) groups excluding carboxylic acids is 1. The molecule has 1 amide bonds. The van der Waals surface area contributed by atoms with Crippen molar-refractivity contribution in [1.29, 1.82) is 0 Å². The van der Waals surface area contributed by atoms with Crippen molar-refractivity contribution < 1.29 is 14.3 Å². The highest BCUT2D eigenvalue weighted by atomic mass is 16.5. The molecular weight excluding hydrogens is 316 g/mol. The maximum atomic E-state index is 12.4. The van der Waals surface area contributed by atoms with Crippen molar-refractivity contribution >= 4 is 11.6 Å². The summed E-state index contributed by atoms with van der Waals surface area (Å²) in [5.74, 6) is 1.30. The molecule has 1 aliphatic carbocycles. The number of methoxy groups -OCH3 is 1. The van der Waals surface area contributed by atoms with Gasteiger partial charge < -0.3 is 14.8 Å². The van der Waals surface area contributed by atoms with E-state index in [1.165, 1.54) is 0 Å². The SMILES string of the molecule is COc1ccc(NC(=O)[C@@H]2CC=CCC2)cc1OCc1cccnc1. The summed E-state index contributed by atoms with van der Waals surface area (Å²) >= 11 is 0. The third-order valence-corrected chi connectivity index (χ3v) is 4.19. The molecule has 130 valence electrons. The Morgan fingerprint density at radius 3 is 2.92 bits per heavy atom. The molecule has 3 rings (SSSR count). The highest BCUT2D eigenvalue weighted by molar-refractivity contribution is 5.93. The van der Waals surface area contributed by atoms with Crippen LogP contribution in [-0.4, -0.2) is 18.0 Å². The molecule has 5 heteroatoms. The smallest absolute Gasteiger partial charge is 0.227 e. The summed E-state index contributed by atoms with van der Waals surface area (Å²) < 4.78 is 11.2. The second kappa shape index (κ2) is 8.33. The van der Waals surface area contributed by atoms with Crippen LogP contribution in [0.25, 0.3) is 0 Å². The molecule has 1 heterocycles. The lowest BCUT2D eigenvalue weighted by Gasteiger charge is -2.18. The van der Waals surface area contributed by atoms with Gasteiger partial charge in [-0.05, 0) is 37.5 Å². The van der Waals surface area contributed by atoms with E-state index >= 15 is 0 Å². The second-order valence-electron chi connectivity index (χ2n) is 5.99. The molecule has 0 saturated carbocycles. The van der Waals surface area contributed by atoms with Crippen molar-refractivity contribution in [2.45, 2.75) is 25.9 Å². The molecule has 0 aliphatic heterocycles. The van der Waals surface area contributed by atoms with E-state index in [-0.39, 0.29) is 11.8 Å². The fourth-order valence-corrected chi connectivity index (χ4v) is 2.79. The zero-order valence-electron chi connectivity index (χ0n) is 14.3. The summed E-state index contributed by atoms with van der Waals surface area (Å²) in [4.78, 5) is 16.5. The van der Waals surface area contributed by atoms with Gasteiger partial charge in [-0.1, -0.05) is 18.2 Å². The van der Waals surface area contributed by atoms with Crippen molar-refractivity contribution in [2.75, 3.05) is 12.4 Å². The quantitative estimate of drug-likeness (QED) is 0.810. The number of carbonyl (C=O) groups is 1. The predicted octanol–water partition coefficient (Wildman–Crippen LogP) is 3.96. The minimum Gasteiger partial charge on any atom is -0.493 e. The van der Waals surface area contributed by atoms with Gasteiger partial charge in [-0.2, -0.15) is 0 Å². The van der Waals surface area contributed by atoms with E-state index in [9.17, 15) is 4.79 Å². The fraction of sp³-hybridized carbons (Fsp3) is 0.300. The van der Waals surface area contributed by atoms with Crippen LogP contribution in [-0.2, 0) is 11.4 Å². The molecule has 0 spiro atoms. The van der Waals surface area contributed by atoms with Crippen molar-refractivity contribution in [3.05, 3.63) is 60.4 Å². The highest BCUT2D eigenvalue weighted by Gasteiger charge is 2.19. The van der Waals surface area contributed by atoms with Crippen LogP contribution in [0.4, 0.5) is 5.69 Å². The van der Waals surface area contributed by atoms with Crippen LogP contribution in [0.15, 0.2) is 54.9 Å². The summed E-state index contributed by atoms with van der Waals surface area (Å²) in [6, 6.07) is 9.24. The third-order valence-electron chi connectivity index (χ3n) is 4.19. The number of hydrogen-bond acceptors (Lipinski definition) is 4. The first-order chi connectivity index (χ1) is 12.3. The Hall–Kier alpha value is -2.82. The fourth-order valence-electron chi connectivity index (χ4n) is 2.79. The van der Waals surface area contributed by atoms with E-state index < -0.39 is 0 Å². The Morgan fingerprint density at radius 1 is 1.28 bits per heavy atom. The van der Waals surface area contributed by atoms with Gasteiger partial charge in [0.2, 0.25) is 5.91 Å². The van der Waals surface area contributed by atoms with Crippen molar-refractivity contribution in [2.24, 2.45) is 5.92 Å². The van der Waals surface area contributed by atoms with Crippen LogP contribution in [0, 0.1) is 5.92 Å². The van der Waals surface area contributed by atoms with Crippen LogP contribution in [0.5, 0.6) is 11.5 Å². The molecule has 1 aliphatic rings. The lowest BCUT2D eigenvalue weighted by Crippen LogP contribution is -2.23. The number of benzene rings is 1. The second-order valence-corrected chi connectivity index (χ2v) is 5.99. The number of hydrogen-bond donors (Lipinski definition) is 1. The van der Waals surface area contributed by atoms with Crippen LogP contribution in [0.2, 0.25) is 0 Å². The van der Waals surface area contributed by atoms with Crippen LogP contribution < -0.4 is 14.8 Å². The minimum absolute atomic E-state index is 0.0341. The normalized spacial score (nSPS) is 16.3. The third kappa shape index (κ3) is 4.59. The molecule has 0 saturated heterocycles. The van der Waals surface area contributed by atoms with Gasteiger partial charge in [0, 0.05) is 35.6 Å². The average Bonchev–Trinajstić information content (AvgIpc) is 2.68. The molecule has 1 aromatic heterocycles. The summed E-state index contributed by atoms with van der Waals surface area (Å²) in [5.41, 5.74) is 1.68. The van der Waals surface area contributed by atoms with Crippen molar-refractivity contribution in [1.82, 2.24) is 4.98 Å². The first-order valence-electron chi connectivity index (χ1n) is 8.42. The van der Waals surface area contributed by atoms with Gasteiger partial charge in [0.05, 0.1) is 7.11 Å². The Morgan fingerprint density at radius 2 is 2.20 bits per heavy atom. The largest absolute Gasteiger partial charge is 0.493 e. The molecular formula is C20H22N2O3. The summed E-state index contributed by atoms with van der Waals surface area (Å²) in [5, 5.41) is 2.98. The minimum atomic E-state index is 0.0341. The summed E-state index contributed by atoms with van der Waals surface area (Å²) in [6.45, 7) is 0.384. The maximum Gasteiger partial charge on any atom is 0.227 e. The lowest BCUT2D eigenvalue weighted by molar-refractivity contribution is -0.120. The van der Waals surface area contributed by atoms with Gasteiger partial charge in [-0.15, -0.1) is 0 Å². The van der Waals surface area contributed by atoms with E-state index in [1.807, 2.05) is 18.2 Å². The average molecular weight is 338 g/mol. The number of ether oxygens (including phenoxy) is 2. The first kappa shape index (κ1) is 17.0. The molecule has 5 nitrogen and oxygen atoms in total. The molecule has 1 N–H and O–H groups in total. The van der Waals surface area contributed by atoms with E-state index in [0.717, 1.165) is 24.8 Å². The molecule has 0 radical (unpaired) electrons. The number of nitrogens with zero attached hydrogens (tertiary/aromatic N) is 1. The molecule has 2 aromatic rings. The van der Waals surface area contributed by atoms with Gasteiger partial charge in [-0.3, -0.25) is 9.78 Å². The first-order valence-corrected chi connectivity index (χ1v) is 8.42. The number of amides is 1. The number of anilines is 1. The van der Waals surface area contributed by atoms with Crippen LogP contribution in [0.3, 0.4) is 0 Å². The van der Waals surface area contributed by atoms with Gasteiger partial charge in [0.1, 0.15) is 6.61 Å². The maximum absolute atomic E-state index is 12.4. The number of nitrogens with one attached hydrogen (secondary N) is 1. The molecule has 0 bridgehead atoms. The van der Waals surface area contributed by atoms with Gasteiger partial charge in [0.25, 0.3) is 0 Å². The zero-order valence-corrected chi connectivity index (χ0v) is 14.3. The number of rotatable bonds is 6. The molecule has 0 unspecified atom stereocenters. The van der Waals surface area contributed by atoms with E-state index in [0.29, 0.717) is 23.8 Å². The highest BCUT2D eigenvalue weighted by Crippen LogP contribution is 2.31. The Balaban J connectivity index is 1.68. The van der Waals surface area contributed by atoms with Crippen LogP contribution in [0.1, 0.15) is 24.8 Å². The standard InChI is InChI=1S/C20H22N2O3/c1-24-18-10-9-17(22-20(23)16-7-3-2-4-8-16)12-19(18)25-14-15-6-5-11-21-13-15/h2-3,5-6,9-13,16H,4,7-8,14H2,1H3,(H,22,23)/t16-/m1/s1. The predicted molar refractivity (Wildman–Crippen MR) is 96.7 cm³/mol. The van der Waals surface area contributed by atoms with E-state index in [4.69, 9.17) is 9.47 Å². The Bertz CT molecular complexity index is 744. The van der Waals surface area contributed by atoms with E-state index in [1.54, 1.807) is 31.6 Å². The topological polar surface area (TPSA) is 60.5 Å². The summed E-state index contributed by atoms with van der Waals surface area (Å²) in [6.07, 6.45) is 10.3. The summed E-state index contributed by atoms with van der Waals surface area (Å²) in [7, 11) is 1.60. The monoisotopic (exact) mass is 338 g/mol.